The molecule has 0 fully saturated rings. The van der Waals surface area contributed by atoms with Gasteiger partial charge in [0.2, 0.25) is 0 Å². The molecule has 1 N–H and O–H groups in total. The van der Waals surface area contributed by atoms with Crippen molar-refractivity contribution in [3.05, 3.63) is 35.0 Å². The van der Waals surface area contributed by atoms with E-state index in [1.165, 1.54) is 0 Å². The summed E-state index contributed by atoms with van der Waals surface area (Å²) < 4.78 is 5.57. The Labute approximate surface area is 97.6 Å². The van der Waals surface area contributed by atoms with Crippen molar-refractivity contribution in [2.24, 2.45) is 0 Å². The van der Waals surface area contributed by atoms with Gasteiger partial charge in [0.25, 0.3) is 0 Å². The Kier molecular flexibility index (Phi) is 2.88. The van der Waals surface area contributed by atoms with Crippen molar-refractivity contribution in [1.29, 1.82) is 0 Å². The van der Waals surface area contributed by atoms with E-state index in [1.807, 2.05) is 25.1 Å². The summed E-state index contributed by atoms with van der Waals surface area (Å²) in [6.07, 6.45) is 0.0530. The van der Waals surface area contributed by atoms with E-state index < -0.39 is 5.97 Å². The molecule has 2 rings (SSSR count). The monoisotopic (exact) mass is 238 g/mol. The van der Waals surface area contributed by atoms with Gasteiger partial charge in [-0.3, -0.25) is 4.79 Å². The van der Waals surface area contributed by atoms with E-state index in [-0.39, 0.29) is 12.3 Å². The number of furan rings is 1. The number of fused-ring (bicyclic) bond motifs is 1. The Bertz CT molecular complexity index is 530. The molecule has 0 bridgehead atoms. The molecule has 84 valence electrons. The lowest BCUT2D eigenvalue weighted by Gasteiger charge is -2.03. The highest BCUT2D eigenvalue weighted by Gasteiger charge is 2.15. The summed E-state index contributed by atoms with van der Waals surface area (Å²) in [4.78, 5) is 10.6. The molecule has 0 saturated carbocycles. The third-order valence-corrected chi connectivity index (χ3v) is 2.78. The van der Waals surface area contributed by atoms with E-state index in [0.29, 0.717) is 16.4 Å². The maximum Gasteiger partial charge on any atom is 0.304 e. The third-order valence-electron chi connectivity index (χ3n) is 2.48. The molecular formula is C12H11ClO3. The number of carboxylic acids is 1. The van der Waals surface area contributed by atoms with Crippen LogP contribution in [0, 0.1) is 0 Å². The molecule has 0 spiro atoms. The van der Waals surface area contributed by atoms with Crippen LogP contribution < -0.4 is 0 Å². The fourth-order valence-corrected chi connectivity index (χ4v) is 1.87. The van der Waals surface area contributed by atoms with Gasteiger partial charge in [-0.25, -0.2) is 0 Å². The fourth-order valence-electron chi connectivity index (χ4n) is 1.65. The number of para-hydroxylation sites is 1. The molecule has 0 radical (unpaired) electrons. The van der Waals surface area contributed by atoms with Gasteiger partial charge >= 0.3 is 5.97 Å². The highest BCUT2D eigenvalue weighted by Crippen LogP contribution is 2.31. The van der Waals surface area contributed by atoms with Crippen molar-refractivity contribution in [1.82, 2.24) is 0 Å². The Hall–Kier alpha value is -1.48. The highest BCUT2D eigenvalue weighted by molar-refractivity contribution is 6.34. The number of carbonyl (C=O) groups is 1. The fraction of sp³-hybridized carbons (Fsp3) is 0.250. The zero-order chi connectivity index (χ0) is 11.7. The summed E-state index contributed by atoms with van der Waals surface area (Å²) >= 11 is 5.97. The zero-order valence-electron chi connectivity index (χ0n) is 8.74. The second-order valence-corrected chi connectivity index (χ2v) is 4.21. The van der Waals surface area contributed by atoms with E-state index in [0.717, 1.165) is 5.39 Å². The lowest BCUT2D eigenvalue weighted by atomic mass is 10.1. The predicted molar refractivity (Wildman–Crippen MR) is 61.9 cm³/mol. The molecule has 1 atom stereocenters. The molecule has 2 aromatic rings. The van der Waals surface area contributed by atoms with Crippen molar-refractivity contribution in [3.63, 3.8) is 0 Å². The average molecular weight is 239 g/mol. The average Bonchev–Trinajstić information content (AvgIpc) is 2.61. The van der Waals surface area contributed by atoms with Crippen LogP contribution in [0.4, 0.5) is 0 Å². The second kappa shape index (κ2) is 4.18. The summed E-state index contributed by atoms with van der Waals surface area (Å²) in [7, 11) is 0. The molecule has 4 heteroatoms. The van der Waals surface area contributed by atoms with Gasteiger partial charge in [-0.05, 0) is 12.1 Å². The predicted octanol–water partition coefficient (Wildman–Crippen LogP) is 3.66. The van der Waals surface area contributed by atoms with E-state index >= 15 is 0 Å². The van der Waals surface area contributed by atoms with Crippen molar-refractivity contribution < 1.29 is 14.3 Å². The molecule has 3 nitrogen and oxygen atoms in total. The number of carboxylic acid groups (broad SMARTS) is 1. The van der Waals surface area contributed by atoms with Gasteiger partial charge in [0, 0.05) is 11.3 Å². The first-order chi connectivity index (χ1) is 7.58. The van der Waals surface area contributed by atoms with Gasteiger partial charge in [0.15, 0.2) is 5.58 Å². The van der Waals surface area contributed by atoms with Gasteiger partial charge in [-0.15, -0.1) is 0 Å². The highest BCUT2D eigenvalue weighted by atomic mass is 35.5. The molecule has 0 aliphatic heterocycles. The maximum atomic E-state index is 10.6. The maximum absolute atomic E-state index is 10.6. The molecule has 0 aliphatic carbocycles. The largest absolute Gasteiger partial charge is 0.481 e. The van der Waals surface area contributed by atoms with Crippen LogP contribution >= 0.6 is 11.6 Å². The quantitative estimate of drug-likeness (QED) is 0.888. The summed E-state index contributed by atoms with van der Waals surface area (Å²) in [5, 5.41) is 10.2. The van der Waals surface area contributed by atoms with Gasteiger partial charge in [0.05, 0.1) is 11.4 Å². The Morgan fingerprint density at radius 3 is 2.94 bits per heavy atom. The minimum absolute atomic E-state index is 0.0530. The van der Waals surface area contributed by atoms with Gasteiger partial charge in [-0.2, -0.15) is 0 Å². The minimum Gasteiger partial charge on any atom is -0.481 e. The van der Waals surface area contributed by atoms with Crippen molar-refractivity contribution in [3.8, 4) is 0 Å². The second-order valence-electron chi connectivity index (χ2n) is 3.81. The Morgan fingerprint density at radius 1 is 1.56 bits per heavy atom. The van der Waals surface area contributed by atoms with Crippen LogP contribution in [-0.4, -0.2) is 11.1 Å². The van der Waals surface area contributed by atoms with Crippen LogP contribution in [0.1, 0.15) is 25.0 Å². The minimum atomic E-state index is -0.834. The standard InChI is InChI=1S/C12H11ClO3/c1-7(5-11(14)15)10-6-8-3-2-4-9(13)12(8)16-10/h2-4,6-7H,5H2,1H3,(H,14,15). The normalized spacial score (nSPS) is 12.9. The Balaban J connectivity index is 2.39. The lowest BCUT2D eigenvalue weighted by Crippen LogP contribution is -2.01. The zero-order valence-corrected chi connectivity index (χ0v) is 9.49. The first-order valence-electron chi connectivity index (χ1n) is 4.97. The van der Waals surface area contributed by atoms with Crippen LogP contribution in [0.2, 0.25) is 5.02 Å². The smallest absolute Gasteiger partial charge is 0.304 e. The van der Waals surface area contributed by atoms with Crippen LogP contribution in [0.25, 0.3) is 11.0 Å². The molecule has 1 aromatic carbocycles. The number of hydrogen-bond donors (Lipinski definition) is 1. The number of aliphatic carboxylic acids is 1. The van der Waals surface area contributed by atoms with Gasteiger partial charge < -0.3 is 9.52 Å². The van der Waals surface area contributed by atoms with E-state index in [1.54, 1.807) is 6.07 Å². The molecule has 0 aliphatic rings. The summed E-state index contributed by atoms with van der Waals surface area (Å²) in [6.45, 7) is 1.82. The number of halogens is 1. The topological polar surface area (TPSA) is 50.4 Å². The van der Waals surface area contributed by atoms with Crippen molar-refractivity contribution in [2.75, 3.05) is 0 Å². The van der Waals surface area contributed by atoms with E-state index in [9.17, 15) is 4.79 Å². The first-order valence-corrected chi connectivity index (χ1v) is 5.35. The summed E-state index contributed by atoms with van der Waals surface area (Å²) in [5.74, 6) is -0.328. The van der Waals surface area contributed by atoms with Crippen LogP contribution in [-0.2, 0) is 4.79 Å². The van der Waals surface area contributed by atoms with Crippen LogP contribution in [0.5, 0.6) is 0 Å². The molecule has 16 heavy (non-hydrogen) atoms. The number of rotatable bonds is 3. The lowest BCUT2D eigenvalue weighted by molar-refractivity contribution is -0.137. The Morgan fingerprint density at radius 2 is 2.31 bits per heavy atom. The van der Waals surface area contributed by atoms with Gasteiger partial charge in [-0.1, -0.05) is 30.7 Å². The number of benzene rings is 1. The summed E-state index contributed by atoms with van der Waals surface area (Å²) in [5.41, 5.74) is 0.622. The third kappa shape index (κ3) is 2.04. The van der Waals surface area contributed by atoms with Crippen LogP contribution in [0.3, 0.4) is 0 Å². The molecular weight excluding hydrogens is 228 g/mol. The SMILES string of the molecule is CC(CC(=O)O)c1cc2cccc(Cl)c2o1. The number of hydrogen-bond acceptors (Lipinski definition) is 2. The summed E-state index contributed by atoms with van der Waals surface area (Å²) in [6, 6.07) is 7.32. The van der Waals surface area contributed by atoms with E-state index in [2.05, 4.69) is 0 Å². The molecule has 1 unspecified atom stereocenters. The van der Waals surface area contributed by atoms with Crippen molar-refractivity contribution in [2.45, 2.75) is 19.3 Å². The molecule has 1 aromatic heterocycles. The van der Waals surface area contributed by atoms with Gasteiger partial charge in [0.1, 0.15) is 5.76 Å². The van der Waals surface area contributed by atoms with Crippen molar-refractivity contribution >= 4 is 28.5 Å². The molecule has 1 heterocycles. The van der Waals surface area contributed by atoms with Crippen LogP contribution in [0.15, 0.2) is 28.7 Å². The first kappa shape index (κ1) is 11.0. The van der Waals surface area contributed by atoms with E-state index in [4.69, 9.17) is 21.1 Å². The molecule has 0 saturated heterocycles. The molecule has 0 amide bonds.